The van der Waals surface area contributed by atoms with Gasteiger partial charge in [-0.3, -0.25) is 15.5 Å². The zero-order valence-electron chi connectivity index (χ0n) is 27.4. The summed E-state index contributed by atoms with van der Waals surface area (Å²) in [5.41, 5.74) is 3.43. The van der Waals surface area contributed by atoms with Crippen molar-refractivity contribution in [2.45, 2.75) is 127 Å². The molecule has 3 aliphatic heterocycles. The summed E-state index contributed by atoms with van der Waals surface area (Å²) in [6, 6.07) is 6.71. The second-order valence-electron chi connectivity index (χ2n) is 15.5. The van der Waals surface area contributed by atoms with Crippen LogP contribution in [-0.2, 0) is 19.5 Å². The Morgan fingerprint density at radius 1 is 1.07 bits per heavy atom. The van der Waals surface area contributed by atoms with Crippen molar-refractivity contribution in [3.8, 4) is 0 Å². The zero-order valence-corrected chi connectivity index (χ0v) is 28.2. The van der Waals surface area contributed by atoms with Crippen LogP contribution in [0.5, 0.6) is 0 Å². The lowest BCUT2D eigenvalue weighted by Crippen LogP contribution is -2.65. The summed E-state index contributed by atoms with van der Waals surface area (Å²) in [7, 11) is -1.73. The number of hydrogen-bond acceptors (Lipinski definition) is 8. The lowest BCUT2D eigenvalue weighted by atomic mass is 9.70. The van der Waals surface area contributed by atoms with Crippen molar-refractivity contribution in [1.29, 1.82) is 0 Å². The van der Waals surface area contributed by atoms with E-state index in [-0.39, 0.29) is 41.3 Å². The maximum atomic E-state index is 13.9. The van der Waals surface area contributed by atoms with Crippen LogP contribution in [-0.4, -0.2) is 86.5 Å². The Bertz CT molecular complexity index is 1310. The molecule has 3 saturated heterocycles. The van der Waals surface area contributed by atoms with Crippen molar-refractivity contribution < 1.29 is 22.7 Å². The van der Waals surface area contributed by atoms with Crippen molar-refractivity contribution in [3.05, 3.63) is 34.9 Å². The highest BCUT2D eigenvalue weighted by molar-refractivity contribution is 7.90. The topological polar surface area (TPSA) is 112 Å². The molecule has 10 nitrogen and oxygen atoms in total. The van der Waals surface area contributed by atoms with Crippen LogP contribution in [0.15, 0.2) is 18.2 Å². The van der Waals surface area contributed by atoms with E-state index in [1.165, 1.54) is 16.7 Å². The SMILES string of the molecule is Cc1cccc(C)c1C1CC2NC(N1)NS(=O)(=O)C1CCCC(C1)CN(C1CC3(COC(=O)N3C)C1)[C@H](CC(C)(C)C)CO2. The molecule has 11 heteroatoms. The Labute approximate surface area is 264 Å². The van der Waals surface area contributed by atoms with Gasteiger partial charge in [0.15, 0.2) is 0 Å². The molecule has 5 fully saturated rings. The molecule has 3 heterocycles. The Kier molecular flexibility index (Phi) is 8.86. The van der Waals surface area contributed by atoms with Crippen molar-refractivity contribution in [3.63, 3.8) is 0 Å². The molecule has 0 radical (unpaired) electrons. The van der Waals surface area contributed by atoms with Gasteiger partial charge in [0, 0.05) is 38.1 Å². The van der Waals surface area contributed by atoms with Gasteiger partial charge in [-0.15, -0.1) is 0 Å². The normalized spacial score (nSPS) is 38.3. The summed E-state index contributed by atoms with van der Waals surface area (Å²) in [6.45, 7) is 12.9. The fourth-order valence-corrected chi connectivity index (χ4v) is 10.3. The second kappa shape index (κ2) is 12.1. The molecule has 2 aliphatic carbocycles. The van der Waals surface area contributed by atoms with Crippen LogP contribution in [0.25, 0.3) is 0 Å². The average molecular weight is 632 g/mol. The molecule has 2 saturated carbocycles. The standard InChI is InChI=1S/C33H53N5O5S/c1-21-9-7-10-22(2)29(21)27-14-28-35-30(34-27)36-44(40,41)26-12-8-11-23(13-26)18-38(25(19-42-28)15-32(3,4)5)24-16-33(17-24)20-43-31(39)37(33)6/h7,9-10,23-28,30,34-36H,8,11-20H2,1-6H3/t23?,24?,25-,26?,27?,28?,30?,33?/m1/s1. The number of aryl methyl sites for hydroxylation is 2. The molecule has 5 unspecified atom stereocenters. The summed E-state index contributed by atoms with van der Waals surface area (Å²) < 4.78 is 43.0. The third-order valence-corrected chi connectivity index (χ3v) is 12.8. The van der Waals surface area contributed by atoms with E-state index in [4.69, 9.17) is 9.47 Å². The minimum absolute atomic E-state index is 0.0570. The number of ether oxygens (including phenoxy) is 2. The number of fused-ring (bicyclic) bond motifs is 4. The highest BCUT2D eigenvalue weighted by atomic mass is 32.2. The van der Waals surface area contributed by atoms with E-state index in [1.807, 2.05) is 7.05 Å². The van der Waals surface area contributed by atoms with Gasteiger partial charge in [0.25, 0.3) is 0 Å². The van der Waals surface area contributed by atoms with Crippen LogP contribution in [0.4, 0.5) is 4.79 Å². The first kappa shape index (κ1) is 32.2. The van der Waals surface area contributed by atoms with E-state index in [1.54, 1.807) is 4.90 Å². The van der Waals surface area contributed by atoms with Crippen LogP contribution >= 0.6 is 0 Å². The third kappa shape index (κ3) is 6.55. The smallest absolute Gasteiger partial charge is 0.410 e. The molecular formula is C33H53N5O5S. The summed E-state index contributed by atoms with van der Waals surface area (Å²) in [6.07, 6.45) is 5.48. The molecule has 1 aromatic rings. The maximum absolute atomic E-state index is 13.9. The molecule has 1 spiro atoms. The highest BCUT2D eigenvalue weighted by Crippen LogP contribution is 2.46. The molecule has 5 aliphatic rings. The van der Waals surface area contributed by atoms with E-state index in [2.05, 4.69) is 73.1 Å². The van der Waals surface area contributed by atoms with E-state index in [0.29, 0.717) is 38.5 Å². The largest absolute Gasteiger partial charge is 0.447 e. The number of amides is 1. The monoisotopic (exact) mass is 631 g/mol. The van der Waals surface area contributed by atoms with Crippen LogP contribution < -0.4 is 15.4 Å². The Hall–Kier alpha value is -1.76. The number of nitrogens with zero attached hydrogens (tertiary/aromatic N) is 2. The molecule has 44 heavy (non-hydrogen) atoms. The molecular weight excluding hydrogens is 578 g/mol. The van der Waals surface area contributed by atoms with E-state index >= 15 is 0 Å². The number of rotatable bonds is 3. The second-order valence-corrected chi connectivity index (χ2v) is 17.5. The minimum Gasteiger partial charge on any atom is -0.447 e. The minimum atomic E-state index is -3.58. The zero-order chi connectivity index (χ0) is 31.4. The number of benzene rings is 1. The predicted molar refractivity (Wildman–Crippen MR) is 170 cm³/mol. The predicted octanol–water partition coefficient (Wildman–Crippen LogP) is 4.14. The number of hydrogen-bond donors (Lipinski definition) is 3. The summed E-state index contributed by atoms with van der Waals surface area (Å²) in [4.78, 5) is 16.7. The van der Waals surface area contributed by atoms with Crippen molar-refractivity contribution >= 4 is 16.1 Å². The van der Waals surface area contributed by atoms with Gasteiger partial charge in [0.2, 0.25) is 10.0 Å². The number of carbonyl (C=O) groups is 1. The van der Waals surface area contributed by atoms with Crippen molar-refractivity contribution in [1.82, 2.24) is 25.2 Å². The van der Waals surface area contributed by atoms with Gasteiger partial charge in [0.05, 0.1) is 17.4 Å². The lowest BCUT2D eigenvalue weighted by Gasteiger charge is -2.54. The van der Waals surface area contributed by atoms with Crippen molar-refractivity contribution in [2.75, 3.05) is 26.8 Å². The van der Waals surface area contributed by atoms with Gasteiger partial charge in [0.1, 0.15) is 19.1 Å². The molecule has 1 amide bonds. The van der Waals surface area contributed by atoms with Gasteiger partial charge >= 0.3 is 6.09 Å². The first-order valence-corrected chi connectivity index (χ1v) is 18.1. The third-order valence-electron chi connectivity index (χ3n) is 10.9. The van der Waals surface area contributed by atoms with Gasteiger partial charge in [-0.1, -0.05) is 45.4 Å². The quantitative estimate of drug-likeness (QED) is 0.457. The first-order chi connectivity index (χ1) is 20.7. The van der Waals surface area contributed by atoms with Gasteiger partial charge in [-0.2, -0.15) is 4.72 Å². The van der Waals surface area contributed by atoms with Crippen LogP contribution in [0.2, 0.25) is 0 Å². The van der Waals surface area contributed by atoms with E-state index in [9.17, 15) is 13.2 Å². The van der Waals surface area contributed by atoms with E-state index in [0.717, 1.165) is 38.6 Å². The summed E-state index contributed by atoms with van der Waals surface area (Å²) >= 11 is 0. The first-order valence-electron chi connectivity index (χ1n) is 16.6. The van der Waals surface area contributed by atoms with Crippen LogP contribution in [0, 0.1) is 25.2 Å². The van der Waals surface area contributed by atoms with Crippen molar-refractivity contribution in [2.24, 2.45) is 11.3 Å². The fourth-order valence-electron chi connectivity index (χ4n) is 8.63. The molecule has 246 valence electrons. The number of sulfonamides is 1. The molecule has 6 atom stereocenters. The highest BCUT2D eigenvalue weighted by Gasteiger charge is 2.56. The fraction of sp³-hybridized carbons (Fsp3) is 0.788. The van der Waals surface area contributed by atoms with Gasteiger partial charge in [-0.05, 0) is 80.4 Å². The summed E-state index contributed by atoms with van der Waals surface area (Å²) in [5.74, 6) is 0.284. The lowest BCUT2D eigenvalue weighted by molar-refractivity contribution is -0.0846. The van der Waals surface area contributed by atoms with Gasteiger partial charge < -0.3 is 14.4 Å². The summed E-state index contributed by atoms with van der Waals surface area (Å²) in [5, 5.41) is 6.61. The van der Waals surface area contributed by atoms with Crippen LogP contribution in [0.3, 0.4) is 0 Å². The Balaban J connectivity index is 1.32. The number of nitrogens with one attached hydrogen (secondary N) is 3. The van der Waals surface area contributed by atoms with E-state index < -0.39 is 21.6 Å². The molecule has 1 aromatic carbocycles. The molecule has 3 N–H and O–H groups in total. The average Bonchev–Trinajstić information content (AvgIpc) is 3.22. The number of carbonyl (C=O) groups excluding carboxylic acids is 1. The molecule has 0 aromatic heterocycles. The number of cyclic esters (lactones) is 1. The van der Waals surface area contributed by atoms with Crippen LogP contribution in [0.1, 0.15) is 94.9 Å². The molecule has 4 bridgehead atoms. The number of likely N-dealkylation sites (N-methyl/N-ethyl adjacent to an activating group) is 1. The maximum Gasteiger partial charge on any atom is 0.410 e. The Morgan fingerprint density at radius 3 is 2.45 bits per heavy atom. The molecule has 6 rings (SSSR count). The Morgan fingerprint density at radius 2 is 1.80 bits per heavy atom. The van der Waals surface area contributed by atoms with Gasteiger partial charge in [-0.25, -0.2) is 13.2 Å².